The Labute approximate surface area is 125 Å². The Morgan fingerprint density at radius 3 is 2.28 bits per heavy atom. The molecule has 2 aromatic rings. The van der Waals surface area contributed by atoms with Crippen LogP contribution in [0.1, 0.15) is 16.5 Å². The van der Waals surface area contributed by atoms with Crippen molar-refractivity contribution in [2.24, 2.45) is 0 Å². The second-order valence-corrected chi connectivity index (χ2v) is 5.91. The maximum Gasteiger partial charge on any atom is 0.159 e. The molecule has 0 saturated heterocycles. The van der Waals surface area contributed by atoms with Gasteiger partial charge in [0.05, 0.1) is 5.38 Å². The number of halogens is 5. The van der Waals surface area contributed by atoms with Crippen LogP contribution in [0.3, 0.4) is 0 Å². The average Bonchev–Trinajstić information content (AvgIpc) is 2.32. The first-order valence-electron chi connectivity index (χ1n) is 5.03. The van der Waals surface area contributed by atoms with E-state index in [9.17, 15) is 8.78 Å². The molecule has 0 N–H and O–H groups in total. The summed E-state index contributed by atoms with van der Waals surface area (Å²) in [6.45, 7) is 0. The number of hydrogen-bond donors (Lipinski definition) is 0. The first-order valence-corrected chi connectivity index (χ1v) is 7.05. The van der Waals surface area contributed by atoms with E-state index in [1.165, 1.54) is 6.07 Å². The van der Waals surface area contributed by atoms with Crippen molar-refractivity contribution in [2.75, 3.05) is 0 Å². The van der Waals surface area contributed by atoms with E-state index in [-0.39, 0.29) is 0 Å². The van der Waals surface area contributed by atoms with Crippen molar-refractivity contribution < 1.29 is 8.78 Å². The lowest BCUT2D eigenvalue weighted by atomic mass is 10.0. The molecule has 0 amide bonds. The normalized spacial score (nSPS) is 12.5. The quantitative estimate of drug-likeness (QED) is 0.561. The van der Waals surface area contributed by atoms with Crippen LogP contribution in [-0.4, -0.2) is 0 Å². The van der Waals surface area contributed by atoms with E-state index < -0.39 is 17.0 Å². The molecule has 0 aromatic heterocycles. The van der Waals surface area contributed by atoms with Crippen LogP contribution in [0.25, 0.3) is 0 Å². The van der Waals surface area contributed by atoms with Crippen LogP contribution in [0.2, 0.25) is 0 Å². The molecule has 2 aromatic carbocycles. The van der Waals surface area contributed by atoms with E-state index in [2.05, 4.69) is 31.9 Å². The van der Waals surface area contributed by atoms with Gasteiger partial charge < -0.3 is 0 Å². The molecule has 94 valence electrons. The third kappa shape index (κ3) is 2.92. The minimum atomic E-state index is -0.897. The number of benzene rings is 2. The third-order valence-electron chi connectivity index (χ3n) is 2.47. The Kier molecular flexibility index (Phi) is 4.41. The molecule has 1 unspecified atom stereocenters. The molecule has 0 aliphatic heterocycles. The topological polar surface area (TPSA) is 0 Å². The van der Waals surface area contributed by atoms with Gasteiger partial charge in [-0.25, -0.2) is 8.78 Å². The van der Waals surface area contributed by atoms with E-state index in [0.717, 1.165) is 26.6 Å². The van der Waals surface area contributed by atoms with Crippen LogP contribution in [0, 0.1) is 11.6 Å². The summed E-state index contributed by atoms with van der Waals surface area (Å²) in [5.41, 5.74) is 1.31. The van der Waals surface area contributed by atoms with Crippen LogP contribution >= 0.6 is 43.5 Å². The summed E-state index contributed by atoms with van der Waals surface area (Å²) in [6.07, 6.45) is 0. The number of rotatable bonds is 2. The van der Waals surface area contributed by atoms with Gasteiger partial charge in [0.1, 0.15) is 0 Å². The van der Waals surface area contributed by atoms with Gasteiger partial charge >= 0.3 is 0 Å². The van der Waals surface area contributed by atoms with Gasteiger partial charge in [-0.05, 0) is 35.4 Å². The first-order chi connectivity index (χ1) is 8.49. The van der Waals surface area contributed by atoms with Gasteiger partial charge in [-0.1, -0.05) is 44.0 Å². The Balaban J connectivity index is 2.41. The summed E-state index contributed by atoms with van der Waals surface area (Å²) in [7, 11) is 0. The number of hydrogen-bond acceptors (Lipinski definition) is 0. The Bertz CT molecular complexity index is 587. The minimum absolute atomic E-state index is 0.513. The molecule has 0 nitrogen and oxygen atoms in total. The zero-order valence-corrected chi connectivity index (χ0v) is 12.9. The van der Waals surface area contributed by atoms with Crippen LogP contribution < -0.4 is 0 Å². The molecule has 0 fully saturated rings. The minimum Gasteiger partial charge on any atom is -0.204 e. The highest BCUT2D eigenvalue weighted by atomic mass is 79.9. The summed E-state index contributed by atoms with van der Waals surface area (Å²) >= 11 is 13.0. The lowest BCUT2D eigenvalue weighted by Gasteiger charge is -2.13. The SMILES string of the molecule is Fc1ccc(C(Cl)c2ccc(Br)cc2Br)cc1F. The second-order valence-electron chi connectivity index (χ2n) is 3.70. The predicted octanol–water partition coefficient (Wildman–Crippen LogP) is 5.82. The standard InChI is InChI=1S/C13H7Br2ClF2/c14-8-2-3-9(10(15)6-8)13(16)7-1-4-11(17)12(18)5-7/h1-6,13H. The molecule has 5 heteroatoms. The van der Waals surface area contributed by atoms with Gasteiger partial charge in [0, 0.05) is 8.95 Å². The fourth-order valence-corrected chi connectivity index (χ4v) is 3.29. The Hall–Kier alpha value is -0.450. The molecule has 18 heavy (non-hydrogen) atoms. The van der Waals surface area contributed by atoms with Gasteiger partial charge in [0.25, 0.3) is 0 Å². The zero-order valence-electron chi connectivity index (χ0n) is 8.93. The highest BCUT2D eigenvalue weighted by Crippen LogP contribution is 2.35. The van der Waals surface area contributed by atoms with Gasteiger partial charge in [-0.2, -0.15) is 0 Å². The van der Waals surface area contributed by atoms with Crippen molar-refractivity contribution in [3.63, 3.8) is 0 Å². The number of alkyl halides is 1. The van der Waals surface area contributed by atoms with Crippen molar-refractivity contribution in [2.45, 2.75) is 5.38 Å². The molecule has 0 spiro atoms. The Morgan fingerprint density at radius 1 is 0.944 bits per heavy atom. The lowest BCUT2D eigenvalue weighted by Crippen LogP contribution is -1.96. The molecule has 1 atom stereocenters. The Morgan fingerprint density at radius 2 is 1.67 bits per heavy atom. The van der Waals surface area contributed by atoms with Gasteiger partial charge in [-0.15, -0.1) is 11.6 Å². The predicted molar refractivity (Wildman–Crippen MR) is 75.9 cm³/mol. The van der Waals surface area contributed by atoms with Crippen molar-refractivity contribution in [3.8, 4) is 0 Å². The van der Waals surface area contributed by atoms with Crippen LogP contribution in [0.5, 0.6) is 0 Å². The maximum absolute atomic E-state index is 13.2. The van der Waals surface area contributed by atoms with Crippen LogP contribution in [-0.2, 0) is 0 Å². The van der Waals surface area contributed by atoms with E-state index in [1.54, 1.807) is 0 Å². The smallest absolute Gasteiger partial charge is 0.159 e. The largest absolute Gasteiger partial charge is 0.204 e. The third-order valence-corrected chi connectivity index (χ3v) is 4.14. The summed E-state index contributed by atoms with van der Waals surface area (Å²) in [5, 5.41) is -0.539. The van der Waals surface area contributed by atoms with Crippen LogP contribution in [0.15, 0.2) is 45.3 Å². The fraction of sp³-hybridized carbons (Fsp3) is 0.0769. The molecule has 0 saturated carbocycles. The summed E-state index contributed by atoms with van der Waals surface area (Å²) in [6, 6.07) is 9.19. The molecule has 0 aliphatic carbocycles. The molecule has 0 radical (unpaired) electrons. The monoisotopic (exact) mass is 394 g/mol. The fourth-order valence-electron chi connectivity index (χ4n) is 1.56. The highest BCUT2D eigenvalue weighted by Gasteiger charge is 2.16. The molecular formula is C13H7Br2ClF2. The summed E-state index contributed by atoms with van der Waals surface area (Å²) in [5.74, 6) is -1.77. The van der Waals surface area contributed by atoms with E-state index >= 15 is 0 Å². The summed E-state index contributed by atoms with van der Waals surface area (Å²) < 4.78 is 27.7. The van der Waals surface area contributed by atoms with Crippen molar-refractivity contribution in [3.05, 3.63) is 68.1 Å². The van der Waals surface area contributed by atoms with E-state index in [1.807, 2.05) is 18.2 Å². The van der Waals surface area contributed by atoms with E-state index in [0.29, 0.717) is 5.56 Å². The molecule has 2 rings (SSSR count). The molecule has 0 heterocycles. The maximum atomic E-state index is 13.2. The van der Waals surface area contributed by atoms with Crippen LogP contribution in [0.4, 0.5) is 8.78 Å². The van der Waals surface area contributed by atoms with E-state index in [4.69, 9.17) is 11.6 Å². The first kappa shape index (κ1) is 14.0. The lowest BCUT2D eigenvalue weighted by molar-refractivity contribution is 0.507. The highest BCUT2D eigenvalue weighted by molar-refractivity contribution is 9.11. The van der Waals surface area contributed by atoms with Crippen molar-refractivity contribution >= 4 is 43.5 Å². The zero-order chi connectivity index (χ0) is 13.3. The molecule has 0 aliphatic rings. The average molecular weight is 396 g/mol. The van der Waals surface area contributed by atoms with Gasteiger partial charge in [0.15, 0.2) is 11.6 Å². The van der Waals surface area contributed by atoms with Crippen molar-refractivity contribution in [1.29, 1.82) is 0 Å². The summed E-state index contributed by atoms with van der Waals surface area (Å²) in [4.78, 5) is 0. The molecule has 0 bridgehead atoms. The second kappa shape index (κ2) is 5.68. The van der Waals surface area contributed by atoms with Crippen molar-refractivity contribution in [1.82, 2.24) is 0 Å². The van der Waals surface area contributed by atoms with Gasteiger partial charge in [-0.3, -0.25) is 0 Å². The van der Waals surface area contributed by atoms with Gasteiger partial charge in [0.2, 0.25) is 0 Å². The molecular weight excluding hydrogens is 389 g/mol.